The summed E-state index contributed by atoms with van der Waals surface area (Å²) >= 11 is 0. The standard InChI is InChI=1S/C15H21NO3/c1-11(2)14(12-7-4-3-5-8-12)15(19)16-10-6-9-13(17)18/h3-5,7-8,11,14H,6,9-10H2,1-2H3,(H,16,19)(H,17,18). The number of carbonyl (C=O) groups is 2. The molecule has 0 heterocycles. The Labute approximate surface area is 113 Å². The maximum absolute atomic E-state index is 12.2. The predicted molar refractivity (Wildman–Crippen MR) is 73.9 cm³/mol. The molecule has 4 heteroatoms. The van der Waals surface area contributed by atoms with Gasteiger partial charge in [0, 0.05) is 13.0 Å². The van der Waals surface area contributed by atoms with Crippen molar-refractivity contribution in [3.63, 3.8) is 0 Å². The highest BCUT2D eigenvalue weighted by Gasteiger charge is 2.23. The monoisotopic (exact) mass is 263 g/mol. The molecular weight excluding hydrogens is 242 g/mol. The summed E-state index contributed by atoms with van der Waals surface area (Å²) < 4.78 is 0. The third-order valence-electron chi connectivity index (χ3n) is 2.97. The number of nitrogens with one attached hydrogen (secondary N) is 1. The summed E-state index contributed by atoms with van der Waals surface area (Å²) in [6.07, 6.45) is 0.540. The smallest absolute Gasteiger partial charge is 0.303 e. The number of hydrogen-bond acceptors (Lipinski definition) is 2. The van der Waals surface area contributed by atoms with Crippen molar-refractivity contribution >= 4 is 11.9 Å². The normalized spacial score (nSPS) is 12.2. The number of benzene rings is 1. The molecule has 4 nitrogen and oxygen atoms in total. The van der Waals surface area contributed by atoms with Crippen molar-refractivity contribution in [2.45, 2.75) is 32.6 Å². The second kappa shape index (κ2) is 7.56. The lowest BCUT2D eigenvalue weighted by Crippen LogP contribution is -2.32. The van der Waals surface area contributed by atoms with Gasteiger partial charge in [-0.2, -0.15) is 0 Å². The van der Waals surface area contributed by atoms with Gasteiger partial charge in [-0.05, 0) is 17.9 Å². The van der Waals surface area contributed by atoms with Crippen LogP contribution >= 0.6 is 0 Å². The van der Waals surface area contributed by atoms with Crippen LogP contribution in [0.25, 0.3) is 0 Å². The molecule has 0 aliphatic carbocycles. The van der Waals surface area contributed by atoms with Crippen molar-refractivity contribution in [2.24, 2.45) is 5.92 Å². The van der Waals surface area contributed by atoms with E-state index in [1.54, 1.807) is 0 Å². The van der Waals surface area contributed by atoms with Crippen LogP contribution in [-0.2, 0) is 9.59 Å². The first-order valence-corrected chi connectivity index (χ1v) is 6.57. The molecular formula is C15H21NO3. The summed E-state index contributed by atoms with van der Waals surface area (Å²) in [5, 5.41) is 11.4. The molecule has 104 valence electrons. The number of aliphatic carboxylic acids is 1. The van der Waals surface area contributed by atoms with E-state index in [1.165, 1.54) is 0 Å². The van der Waals surface area contributed by atoms with E-state index in [4.69, 9.17) is 5.11 Å². The van der Waals surface area contributed by atoms with Gasteiger partial charge < -0.3 is 10.4 Å². The summed E-state index contributed by atoms with van der Waals surface area (Å²) in [7, 11) is 0. The molecule has 0 radical (unpaired) electrons. The van der Waals surface area contributed by atoms with E-state index in [1.807, 2.05) is 44.2 Å². The first-order valence-electron chi connectivity index (χ1n) is 6.57. The Kier molecular flexibility index (Phi) is 6.06. The topological polar surface area (TPSA) is 66.4 Å². The van der Waals surface area contributed by atoms with Crippen LogP contribution in [0.5, 0.6) is 0 Å². The van der Waals surface area contributed by atoms with Crippen LogP contribution in [0.3, 0.4) is 0 Å². The van der Waals surface area contributed by atoms with Gasteiger partial charge in [-0.1, -0.05) is 44.2 Å². The van der Waals surface area contributed by atoms with Gasteiger partial charge in [0.1, 0.15) is 0 Å². The SMILES string of the molecule is CC(C)C(C(=O)NCCCC(=O)O)c1ccccc1. The van der Waals surface area contributed by atoms with Crippen molar-refractivity contribution < 1.29 is 14.7 Å². The summed E-state index contributed by atoms with van der Waals surface area (Å²) in [4.78, 5) is 22.6. The van der Waals surface area contributed by atoms with Crippen LogP contribution in [0.2, 0.25) is 0 Å². The lowest BCUT2D eigenvalue weighted by molar-refractivity contribution is -0.137. The minimum Gasteiger partial charge on any atom is -0.481 e. The number of carbonyl (C=O) groups excluding carboxylic acids is 1. The van der Waals surface area contributed by atoms with Gasteiger partial charge in [0.25, 0.3) is 0 Å². The van der Waals surface area contributed by atoms with Gasteiger partial charge in [-0.25, -0.2) is 0 Å². The molecule has 0 spiro atoms. The lowest BCUT2D eigenvalue weighted by Gasteiger charge is -2.20. The molecule has 0 saturated heterocycles. The molecule has 1 amide bonds. The minimum absolute atomic E-state index is 0.0356. The van der Waals surface area contributed by atoms with E-state index in [9.17, 15) is 9.59 Å². The average molecular weight is 263 g/mol. The quantitative estimate of drug-likeness (QED) is 0.742. The Bertz CT molecular complexity index is 415. The Balaban J connectivity index is 2.57. The first kappa shape index (κ1) is 15.2. The fourth-order valence-electron chi connectivity index (χ4n) is 2.06. The van der Waals surface area contributed by atoms with Crippen molar-refractivity contribution in [3.05, 3.63) is 35.9 Å². The van der Waals surface area contributed by atoms with Crippen molar-refractivity contribution in [3.8, 4) is 0 Å². The second-order valence-corrected chi connectivity index (χ2v) is 4.92. The van der Waals surface area contributed by atoms with E-state index in [0.717, 1.165) is 5.56 Å². The van der Waals surface area contributed by atoms with Crippen LogP contribution < -0.4 is 5.32 Å². The number of amides is 1. The third-order valence-corrected chi connectivity index (χ3v) is 2.97. The van der Waals surface area contributed by atoms with Crippen LogP contribution in [0.15, 0.2) is 30.3 Å². The fraction of sp³-hybridized carbons (Fsp3) is 0.467. The van der Waals surface area contributed by atoms with Gasteiger partial charge in [0.2, 0.25) is 5.91 Å². The van der Waals surface area contributed by atoms with Crippen LogP contribution in [0.4, 0.5) is 0 Å². The van der Waals surface area contributed by atoms with Gasteiger partial charge in [-0.15, -0.1) is 0 Å². The lowest BCUT2D eigenvalue weighted by atomic mass is 9.87. The average Bonchev–Trinajstić information content (AvgIpc) is 2.35. The largest absolute Gasteiger partial charge is 0.481 e. The van der Waals surface area contributed by atoms with Crippen LogP contribution in [-0.4, -0.2) is 23.5 Å². The molecule has 1 atom stereocenters. The maximum atomic E-state index is 12.2. The number of carboxylic acids is 1. The maximum Gasteiger partial charge on any atom is 0.303 e. The molecule has 19 heavy (non-hydrogen) atoms. The van der Waals surface area contributed by atoms with E-state index in [0.29, 0.717) is 13.0 Å². The number of hydrogen-bond donors (Lipinski definition) is 2. The molecule has 0 fully saturated rings. The van der Waals surface area contributed by atoms with Crippen molar-refractivity contribution in [2.75, 3.05) is 6.54 Å². The van der Waals surface area contributed by atoms with Crippen molar-refractivity contribution in [1.82, 2.24) is 5.32 Å². The first-order chi connectivity index (χ1) is 9.02. The van der Waals surface area contributed by atoms with Crippen LogP contribution in [0.1, 0.15) is 38.2 Å². The van der Waals surface area contributed by atoms with Gasteiger partial charge >= 0.3 is 5.97 Å². The molecule has 0 bridgehead atoms. The highest BCUT2D eigenvalue weighted by atomic mass is 16.4. The summed E-state index contributed by atoms with van der Waals surface area (Å²) in [6.45, 7) is 4.42. The summed E-state index contributed by atoms with van der Waals surface area (Å²) in [6, 6.07) is 9.65. The Morgan fingerprint density at radius 2 is 1.84 bits per heavy atom. The van der Waals surface area contributed by atoms with Gasteiger partial charge in [0.05, 0.1) is 5.92 Å². The zero-order valence-electron chi connectivity index (χ0n) is 11.4. The second-order valence-electron chi connectivity index (χ2n) is 4.92. The minimum atomic E-state index is -0.835. The fourth-order valence-corrected chi connectivity index (χ4v) is 2.06. The van der Waals surface area contributed by atoms with E-state index in [2.05, 4.69) is 5.32 Å². The predicted octanol–water partition coefficient (Wildman–Crippen LogP) is 2.41. The molecule has 1 unspecified atom stereocenters. The van der Waals surface area contributed by atoms with Crippen molar-refractivity contribution in [1.29, 1.82) is 0 Å². The molecule has 2 N–H and O–H groups in total. The molecule has 0 aliphatic heterocycles. The van der Waals surface area contributed by atoms with E-state index in [-0.39, 0.29) is 24.2 Å². The number of rotatable bonds is 7. The third kappa shape index (κ3) is 5.12. The molecule has 0 aliphatic rings. The van der Waals surface area contributed by atoms with Gasteiger partial charge in [0.15, 0.2) is 0 Å². The number of carboxylic acid groups (broad SMARTS) is 1. The summed E-state index contributed by atoms with van der Waals surface area (Å²) in [5.74, 6) is -0.864. The highest BCUT2D eigenvalue weighted by molar-refractivity contribution is 5.83. The molecule has 1 aromatic rings. The molecule has 0 aromatic heterocycles. The van der Waals surface area contributed by atoms with Gasteiger partial charge in [-0.3, -0.25) is 9.59 Å². The highest BCUT2D eigenvalue weighted by Crippen LogP contribution is 2.24. The van der Waals surface area contributed by atoms with E-state index < -0.39 is 5.97 Å². The zero-order chi connectivity index (χ0) is 14.3. The Morgan fingerprint density at radius 3 is 2.37 bits per heavy atom. The van der Waals surface area contributed by atoms with Crippen LogP contribution in [0, 0.1) is 5.92 Å². The molecule has 0 saturated carbocycles. The zero-order valence-corrected chi connectivity index (χ0v) is 11.4. The Hall–Kier alpha value is -1.84. The van der Waals surface area contributed by atoms with E-state index >= 15 is 0 Å². The molecule has 1 aromatic carbocycles. The molecule has 1 rings (SSSR count). The summed E-state index contributed by atoms with van der Waals surface area (Å²) in [5.41, 5.74) is 0.994. The Morgan fingerprint density at radius 1 is 1.21 bits per heavy atom.